The van der Waals surface area contributed by atoms with Crippen LogP contribution in [0.1, 0.15) is 5.56 Å². The quantitative estimate of drug-likeness (QED) is 0.301. The molecule has 0 N–H and O–H groups in total. The van der Waals surface area contributed by atoms with E-state index in [-0.39, 0.29) is 0 Å². The third-order valence-electron chi connectivity index (χ3n) is 5.33. The number of aromatic nitrogens is 2. The lowest BCUT2D eigenvalue weighted by molar-refractivity contribution is 0.875. The number of halogens is 1. The van der Waals surface area contributed by atoms with E-state index in [4.69, 9.17) is 16.6 Å². The van der Waals surface area contributed by atoms with Gasteiger partial charge in [-0.1, -0.05) is 77.5 Å². The van der Waals surface area contributed by atoms with Crippen molar-refractivity contribution in [3.8, 4) is 10.6 Å². The van der Waals surface area contributed by atoms with Gasteiger partial charge in [0.05, 0.1) is 11.0 Å². The Morgan fingerprint density at radius 2 is 1.64 bits per heavy atom. The topological polar surface area (TPSA) is 17.8 Å². The fourth-order valence-corrected chi connectivity index (χ4v) is 5.37. The third-order valence-corrected chi connectivity index (χ3v) is 6.70. The molecule has 0 saturated heterocycles. The molecule has 2 aliphatic rings. The summed E-state index contributed by atoms with van der Waals surface area (Å²) in [6.45, 7) is 0.846. The van der Waals surface area contributed by atoms with E-state index in [0.717, 1.165) is 27.5 Å². The summed E-state index contributed by atoms with van der Waals surface area (Å²) in [7, 11) is 0. The van der Waals surface area contributed by atoms with Crippen LogP contribution in [0.3, 0.4) is 0 Å². The molecule has 0 spiro atoms. The molecule has 0 fully saturated rings. The van der Waals surface area contributed by atoms with Gasteiger partial charge >= 0.3 is 0 Å². The highest BCUT2D eigenvalue weighted by Crippen LogP contribution is 2.42. The number of hydrogen-bond acceptors (Lipinski definition) is 2. The summed E-state index contributed by atoms with van der Waals surface area (Å²) in [4.78, 5) is 6.12. The predicted octanol–water partition coefficient (Wildman–Crippen LogP) is 7.21. The molecule has 4 heteroatoms. The molecule has 0 atom stereocenters. The third kappa shape index (κ3) is 2.37. The van der Waals surface area contributed by atoms with Crippen molar-refractivity contribution in [3.05, 3.63) is 89.4 Å². The standard InChI is InChI=1S/C24H15ClN2S/c25-16-10-11-17-19-13-20-18-8-4-5-9-22(18)27(14-15-6-2-1-3-7-15)24(20)28-23(19)26-21(17)12-16/h1-13H,14H2. The number of rotatable bonds is 2. The lowest BCUT2D eigenvalue weighted by Gasteiger charge is -2.08. The molecule has 134 valence electrons. The van der Waals surface area contributed by atoms with Gasteiger partial charge in [0.1, 0.15) is 9.84 Å². The molecule has 0 aliphatic carbocycles. The smallest absolute Gasteiger partial charge is 0.126 e. The Bertz CT molecular complexity index is 1450. The molecule has 0 unspecified atom stereocenters. The molecule has 1 aromatic heterocycles. The first-order valence-electron chi connectivity index (χ1n) is 9.21. The molecule has 0 bridgehead atoms. The number of para-hydroxylation sites is 1. The van der Waals surface area contributed by atoms with E-state index >= 15 is 0 Å². The molecule has 0 saturated carbocycles. The van der Waals surface area contributed by atoms with Crippen molar-refractivity contribution in [2.75, 3.05) is 0 Å². The van der Waals surface area contributed by atoms with E-state index in [1.807, 2.05) is 12.1 Å². The molecule has 3 aromatic carbocycles. The first kappa shape index (κ1) is 16.1. The summed E-state index contributed by atoms with van der Waals surface area (Å²) in [5.74, 6) is 0. The maximum absolute atomic E-state index is 6.18. The Hall–Kier alpha value is -2.88. The van der Waals surface area contributed by atoms with Crippen molar-refractivity contribution in [2.24, 2.45) is 0 Å². The predicted molar refractivity (Wildman–Crippen MR) is 120 cm³/mol. The van der Waals surface area contributed by atoms with Crippen molar-refractivity contribution in [2.45, 2.75) is 6.54 Å². The van der Waals surface area contributed by atoms with E-state index < -0.39 is 0 Å². The van der Waals surface area contributed by atoms with Crippen molar-refractivity contribution in [1.29, 1.82) is 0 Å². The van der Waals surface area contributed by atoms with E-state index in [1.165, 1.54) is 32.2 Å². The van der Waals surface area contributed by atoms with Crippen LogP contribution in [0.4, 0.5) is 0 Å². The molecule has 2 aliphatic heterocycles. The van der Waals surface area contributed by atoms with Gasteiger partial charge in [-0.2, -0.15) is 0 Å². The lowest BCUT2D eigenvalue weighted by atomic mass is 10.1. The summed E-state index contributed by atoms with van der Waals surface area (Å²) in [6.07, 6.45) is 0. The van der Waals surface area contributed by atoms with E-state index in [2.05, 4.69) is 71.3 Å². The fourth-order valence-electron chi connectivity index (χ4n) is 4.04. The van der Waals surface area contributed by atoms with Crippen LogP contribution < -0.4 is 0 Å². The van der Waals surface area contributed by atoms with Gasteiger partial charge in [-0.15, -0.1) is 0 Å². The van der Waals surface area contributed by atoms with Crippen LogP contribution in [0.25, 0.3) is 42.6 Å². The minimum atomic E-state index is 0.726. The maximum atomic E-state index is 6.18. The number of benzene rings is 3. The second-order valence-electron chi connectivity index (χ2n) is 7.05. The summed E-state index contributed by atoms with van der Waals surface area (Å²) < 4.78 is 2.41. The summed E-state index contributed by atoms with van der Waals surface area (Å²) in [5.41, 5.74) is 4.72. The Morgan fingerprint density at radius 3 is 2.54 bits per heavy atom. The number of nitrogens with zero attached hydrogens (tertiary/aromatic N) is 2. The minimum absolute atomic E-state index is 0.726. The fraction of sp³-hybridized carbons (Fsp3) is 0.0417. The molecule has 0 amide bonds. The van der Waals surface area contributed by atoms with Gasteiger partial charge in [-0.05, 0) is 29.8 Å². The lowest BCUT2D eigenvalue weighted by Crippen LogP contribution is -1.98. The first-order valence-corrected chi connectivity index (χ1v) is 10.4. The van der Waals surface area contributed by atoms with E-state index in [1.54, 1.807) is 11.3 Å². The van der Waals surface area contributed by atoms with Gasteiger partial charge < -0.3 is 4.57 Å². The van der Waals surface area contributed by atoms with Gasteiger partial charge in [0.25, 0.3) is 0 Å². The summed E-state index contributed by atoms with van der Waals surface area (Å²) in [5, 5.41) is 5.52. The molecular weight excluding hydrogens is 384 g/mol. The van der Waals surface area contributed by atoms with Crippen LogP contribution in [0.5, 0.6) is 0 Å². The average Bonchev–Trinajstić information content (AvgIpc) is 3.22. The highest BCUT2D eigenvalue weighted by molar-refractivity contribution is 7.21. The summed E-state index contributed by atoms with van der Waals surface area (Å²) in [6, 6.07) is 27.5. The molecule has 2 nitrogen and oxygen atoms in total. The van der Waals surface area contributed by atoms with Crippen LogP contribution in [-0.2, 0) is 6.54 Å². The van der Waals surface area contributed by atoms with Crippen LogP contribution in [0.2, 0.25) is 5.02 Å². The van der Waals surface area contributed by atoms with Crippen LogP contribution in [0.15, 0.2) is 78.9 Å². The van der Waals surface area contributed by atoms with E-state index in [0.29, 0.717) is 0 Å². The van der Waals surface area contributed by atoms with E-state index in [9.17, 15) is 0 Å². The Kier molecular flexibility index (Phi) is 3.49. The van der Waals surface area contributed by atoms with Crippen LogP contribution in [-0.4, -0.2) is 9.55 Å². The zero-order chi connectivity index (χ0) is 18.7. The van der Waals surface area contributed by atoms with Crippen LogP contribution >= 0.6 is 22.9 Å². The number of hydrogen-bond donors (Lipinski definition) is 0. The number of fused-ring (bicyclic) bond motifs is 6. The zero-order valence-electron chi connectivity index (χ0n) is 14.9. The highest BCUT2D eigenvalue weighted by Gasteiger charge is 2.19. The molecule has 6 rings (SSSR count). The second-order valence-corrected chi connectivity index (χ2v) is 8.46. The largest absolute Gasteiger partial charge is 0.328 e. The van der Waals surface area contributed by atoms with Crippen molar-refractivity contribution < 1.29 is 0 Å². The average molecular weight is 399 g/mol. The Balaban J connectivity index is 1.70. The monoisotopic (exact) mass is 398 g/mol. The minimum Gasteiger partial charge on any atom is -0.328 e. The Morgan fingerprint density at radius 1 is 0.821 bits per heavy atom. The van der Waals surface area contributed by atoms with Crippen molar-refractivity contribution >= 4 is 55.0 Å². The second kappa shape index (κ2) is 6.06. The molecule has 3 heterocycles. The first-order chi connectivity index (χ1) is 13.8. The highest BCUT2D eigenvalue weighted by atomic mass is 35.5. The van der Waals surface area contributed by atoms with Gasteiger partial charge in [0.15, 0.2) is 0 Å². The summed E-state index contributed by atoms with van der Waals surface area (Å²) >= 11 is 7.95. The normalized spacial score (nSPS) is 11.9. The van der Waals surface area contributed by atoms with Gasteiger partial charge in [-0.25, -0.2) is 4.98 Å². The molecule has 28 heavy (non-hydrogen) atoms. The van der Waals surface area contributed by atoms with Crippen molar-refractivity contribution in [1.82, 2.24) is 9.55 Å². The van der Waals surface area contributed by atoms with Gasteiger partial charge in [0, 0.05) is 33.3 Å². The van der Waals surface area contributed by atoms with Gasteiger partial charge in [-0.3, -0.25) is 0 Å². The van der Waals surface area contributed by atoms with Crippen LogP contribution in [0, 0.1) is 0 Å². The van der Waals surface area contributed by atoms with Crippen molar-refractivity contribution in [3.63, 3.8) is 0 Å². The molecular formula is C24H15ClN2S. The zero-order valence-corrected chi connectivity index (χ0v) is 16.5. The maximum Gasteiger partial charge on any atom is 0.126 e. The SMILES string of the molecule is Clc1ccc2c3cc4c5ccccc5n(Cc5ccccc5)c4sc-3nc2c1. The molecule has 0 radical (unpaired) electrons. The molecule has 4 aromatic rings. The van der Waals surface area contributed by atoms with Gasteiger partial charge in [0.2, 0.25) is 0 Å². The Labute approximate surface area is 171 Å².